The Labute approximate surface area is 105 Å². The predicted octanol–water partition coefficient (Wildman–Crippen LogP) is 3.68. The number of nitro benzene ring substituents is 2. The molecule has 0 aliphatic rings. The number of nitrogens with zero attached hydrogens (tertiary/aromatic N) is 2. The molecule has 9 heteroatoms. The van der Waals surface area contributed by atoms with Gasteiger partial charge in [-0.2, -0.15) is 0 Å². The first-order valence-corrected chi connectivity index (χ1v) is 5.29. The Balaban J connectivity index is 3.65. The molecule has 0 spiro atoms. The Morgan fingerprint density at radius 2 is 1.73 bits per heavy atom. The number of halogens is 3. The summed E-state index contributed by atoms with van der Waals surface area (Å²) in [6, 6.07) is 1.02. The van der Waals surface area contributed by atoms with Crippen molar-refractivity contribution in [2.45, 2.75) is 0 Å². The van der Waals surface area contributed by atoms with Gasteiger partial charge in [0.05, 0.1) is 14.3 Å². The molecule has 0 aliphatic heterocycles. The van der Waals surface area contributed by atoms with Crippen LogP contribution in [-0.4, -0.2) is 9.85 Å². The van der Waals surface area contributed by atoms with Gasteiger partial charge >= 0.3 is 11.4 Å². The van der Waals surface area contributed by atoms with Gasteiger partial charge in [-0.15, -0.1) is 0 Å². The number of benzene rings is 1. The standard InChI is InChI=1S/C6HBr2ClN2O4/c7-2-1-3(10(12)13)6(11(14)15)5(9)4(2)8/h1H. The molecule has 0 fully saturated rings. The quantitative estimate of drug-likeness (QED) is 0.457. The summed E-state index contributed by atoms with van der Waals surface area (Å²) in [6.45, 7) is 0. The summed E-state index contributed by atoms with van der Waals surface area (Å²) in [5, 5.41) is 20.8. The summed E-state index contributed by atoms with van der Waals surface area (Å²) < 4.78 is 0.492. The zero-order valence-electron chi connectivity index (χ0n) is 6.74. The third kappa shape index (κ3) is 2.27. The Morgan fingerprint density at radius 3 is 2.13 bits per heavy atom. The van der Waals surface area contributed by atoms with E-state index in [-0.39, 0.29) is 14.0 Å². The van der Waals surface area contributed by atoms with Crippen molar-refractivity contribution in [3.05, 3.63) is 40.3 Å². The van der Waals surface area contributed by atoms with Crippen molar-refractivity contribution in [1.82, 2.24) is 0 Å². The second-order valence-electron chi connectivity index (χ2n) is 2.37. The summed E-state index contributed by atoms with van der Waals surface area (Å²) in [5.41, 5.74) is -1.38. The molecule has 0 bridgehead atoms. The Hall–Kier alpha value is -0.730. The molecule has 0 amide bonds. The van der Waals surface area contributed by atoms with E-state index < -0.39 is 21.2 Å². The zero-order valence-corrected chi connectivity index (χ0v) is 10.7. The molecule has 1 aromatic carbocycles. The SMILES string of the molecule is O=[N+]([O-])c1cc(Br)c(Br)c(Cl)c1[N+](=O)[O-]. The number of rotatable bonds is 2. The van der Waals surface area contributed by atoms with E-state index in [1.807, 2.05) is 0 Å². The van der Waals surface area contributed by atoms with Crippen LogP contribution in [0.1, 0.15) is 0 Å². The van der Waals surface area contributed by atoms with Gasteiger partial charge in [-0.1, -0.05) is 11.6 Å². The monoisotopic (exact) mass is 358 g/mol. The second kappa shape index (κ2) is 4.42. The Kier molecular flexibility index (Phi) is 3.63. The molecule has 0 saturated carbocycles. The van der Waals surface area contributed by atoms with Gasteiger partial charge in [0, 0.05) is 10.5 Å². The van der Waals surface area contributed by atoms with Crippen LogP contribution >= 0.6 is 43.5 Å². The molecule has 0 aromatic heterocycles. The van der Waals surface area contributed by atoms with Crippen LogP contribution in [0.2, 0.25) is 5.02 Å². The van der Waals surface area contributed by atoms with E-state index in [0.29, 0.717) is 0 Å². The first-order chi connectivity index (χ1) is 6.86. The predicted molar refractivity (Wildman–Crippen MR) is 60.2 cm³/mol. The third-order valence-electron chi connectivity index (χ3n) is 1.50. The fourth-order valence-corrected chi connectivity index (χ4v) is 1.98. The molecule has 0 atom stereocenters. The fraction of sp³-hybridized carbons (Fsp3) is 0. The molecule has 0 radical (unpaired) electrons. The smallest absolute Gasteiger partial charge is 0.258 e. The highest BCUT2D eigenvalue weighted by atomic mass is 79.9. The minimum atomic E-state index is -0.891. The number of hydrogen-bond donors (Lipinski definition) is 0. The number of nitro groups is 2. The average molecular weight is 360 g/mol. The average Bonchev–Trinajstić information content (AvgIpc) is 2.12. The van der Waals surface area contributed by atoms with Crippen molar-refractivity contribution in [2.75, 3.05) is 0 Å². The lowest BCUT2D eigenvalue weighted by molar-refractivity contribution is -0.422. The highest BCUT2D eigenvalue weighted by Crippen LogP contribution is 2.43. The Bertz CT molecular complexity index is 465. The molecule has 1 aromatic rings. The zero-order chi connectivity index (χ0) is 11.7. The molecule has 15 heavy (non-hydrogen) atoms. The lowest BCUT2D eigenvalue weighted by atomic mass is 10.3. The maximum absolute atomic E-state index is 10.6. The van der Waals surface area contributed by atoms with Crippen molar-refractivity contribution in [1.29, 1.82) is 0 Å². The first kappa shape index (κ1) is 12.3. The minimum absolute atomic E-state index is 0.210. The van der Waals surface area contributed by atoms with Crippen molar-refractivity contribution >= 4 is 54.8 Å². The van der Waals surface area contributed by atoms with Crippen LogP contribution in [0.5, 0.6) is 0 Å². The number of hydrogen-bond acceptors (Lipinski definition) is 4. The molecule has 0 saturated heterocycles. The molecular formula is C6HBr2ClN2O4. The highest BCUT2D eigenvalue weighted by molar-refractivity contribution is 9.13. The van der Waals surface area contributed by atoms with Crippen LogP contribution in [0, 0.1) is 20.2 Å². The van der Waals surface area contributed by atoms with E-state index in [9.17, 15) is 20.2 Å². The van der Waals surface area contributed by atoms with E-state index in [4.69, 9.17) is 11.6 Å². The van der Waals surface area contributed by atoms with Gasteiger partial charge in [-0.3, -0.25) is 20.2 Å². The Morgan fingerprint density at radius 1 is 1.20 bits per heavy atom. The molecule has 1 rings (SSSR count). The van der Waals surface area contributed by atoms with E-state index in [1.54, 1.807) is 0 Å². The van der Waals surface area contributed by atoms with Gasteiger partial charge in [0.25, 0.3) is 0 Å². The van der Waals surface area contributed by atoms with E-state index in [2.05, 4.69) is 31.9 Å². The van der Waals surface area contributed by atoms with Crippen molar-refractivity contribution in [2.24, 2.45) is 0 Å². The van der Waals surface area contributed by atoms with Gasteiger partial charge in [-0.05, 0) is 31.9 Å². The topological polar surface area (TPSA) is 86.3 Å². The molecule has 80 valence electrons. The van der Waals surface area contributed by atoms with Crippen molar-refractivity contribution in [3.63, 3.8) is 0 Å². The summed E-state index contributed by atoms with van der Waals surface area (Å²) in [6.07, 6.45) is 0. The summed E-state index contributed by atoms with van der Waals surface area (Å²) >= 11 is 11.6. The molecule has 0 aliphatic carbocycles. The lowest BCUT2D eigenvalue weighted by Gasteiger charge is -2.01. The highest BCUT2D eigenvalue weighted by Gasteiger charge is 2.31. The normalized spacial score (nSPS) is 10.1. The third-order valence-corrected chi connectivity index (χ3v) is 4.07. The molecule has 0 heterocycles. The van der Waals surface area contributed by atoms with Gasteiger partial charge in [0.2, 0.25) is 0 Å². The minimum Gasteiger partial charge on any atom is -0.258 e. The van der Waals surface area contributed by atoms with Crippen LogP contribution in [0.4, 0.5) is 11.4 Å². The van der Waals surface area contributed by atoms with Crippen molar-refractivity contribution in [3.8, 4) is 0 Å². The molecule has 0 unspecified atom stereocenters. The van der Waals surface area contributed by atoms with Gasteiger partial charge in [-0.25, -0.2) is 0 Å². The van der Waals surface area contributed by atoms with Crippen LogP contribution in [0.15, 0.2) is 15.0 Å². The fourth-order valence-electron chi connectivity index (χ4n) is 0.886. The van der Waals surface area contributed by atoms with Gasteiger partial charge in [0.1, 0.15) is 5.02 Å². The van der Waals surface area contributed by atoms with Crippen LogP contribution in [0.3, 0.4) is 0 Å². The van der Waals surface area contributed by atoms with Gasteiger partial charge < -0.3 is 0 Å². The van der Waals surface area contributed by atoms with Crippen LogP contribution < -0.4 is 0 Å². The largest absolute Gasteiger partial charge is 0.365 e. The maximum atomic E-state index is 10.6. The van der Waals surface area contributed by atoms with Gasteiger partial charge in [0.15, 0.2) is 0 Å². The summed E-state index contributed by atoms with van der Waals surface area (Å²) in [5.74, 6) is 0. The maximum Gasteiger partial charge on any atom is 0.365 e. The molecule has 6 nitrogen and oxygen atoms in total. The van der Waals surface area contributed by atoms with Crippen LogP contribution in [0.25, 0.3) is 0 Å². The lowest BCUT2D eigenvalue weighted by Crippen LogP contribution is -1.98. The van der Waals surface area contributed by atoms with E-state index in [0.717, 1.165) is 6.07 Å². The summed E-state index contributed by atoms with van der Waals surface area (Å²) in [7, 11) is 0. The van der Waals surface area contributed by atoms with E-state index in [1.165, 1.54) is 0 Å². The van der Waals surface area contributed by atoms with Crippen molar-refractivity contribution < 1.29 is 9.85 Å². The summed E-state index contributed by atoms with van der Waals surface area (Å²) in [4.78, 5) is 19.4. The van der Waals surface area contributed by atoms with Crippen LogP contribution in [-0.2, 0) is 0 Å². The molecular weight excluding hydrogens is 359 g/mol. The first-order valence-electron chi connectivity index (χ1n) is 3.32. The second-order valence-corrected chi connectivity index (χ2v) is 4.39. The molecule has 0 N–H and O–H groups in total. The van der Waals surface area contributed by atoms with E-state index >= 15 is 0 Å².